The first kappa shape index (κ1) is 10.5. The van der Waals surface area contributed by atoms with Crippen LogP contribution in [0.4, 0.5) is 0 Å². The zero-order valence-electron chi connectivity index (χ0n) is 8.92. The summed E-state index contributed by atoms with van der Waals surface area (Å²) in [5, 5.41) is 3.04. The summed E-state index contributed by atoms with van der Waals surface area (Å²) in [5.41, 5.74) is 0.0433. The Kier molecular flexibility index (Phi) is 2.93. The molecule has 0 unspecified atom stereocenters. The van der Waals surface area contributed by atoms with Gasteiger partial charge in [-0.25, -0.2) is 0 Å². The number of carbonyl (C=O) groups excluding carboxylic acids is 1. The van der Waals surface area contributed by atoms with Crippen LogP contribution in [0.15, 0.2) is 0 Å². The third-order valence-corrected chi connectivity index (χ3v) is 2.72. The summed E-state index contributed by atoms with van der Waals surface area (Å²) in [5.74, 6) is 0.204. The molecule has 0 aromatic heterocycles. The highest BCUT2D eigenvalue weighted by molar-refractivity contribution is 5.80. The summed E-state index contributed by atoms with van der Waals surface area (Å²) in [6, 6.07) is 0. The summed E-state index contributed by atoms with van der Waals surface area (Å²) >= 11 is 0. The molecule has 0 aliphatic carbocycles. The van der Waals surface area contributed by atoms with Gasteiger partial charge in [0.15, 0.2) is 0 Å². The van der Waals surface area contributed by atoms with E-state index in [9.17, 15) is 4.79 Å². The van der Waals surface area contributed by atoms with Gasteiger partial charge in [0.2, 0.25) is 5.91 Å². The minimum atomic E-state index is 0.0433. The first-order chi connectivity index (χ1) is 5.93. The lowest BCUT2D eigenvalue weighted by atomic mass is 10.0. The average molecular weight is 185 g/mol. The summed E-state index contributed by atoms with van der Waals surface area (Å²) in [6.07, 6.45) is 0. The SMILES string of the molecule is CN(C)C(C)(C)CN1CNCC1=O. The predicted molar refractivity (Wildman–Crippen MR) is 52.3 cm³/mol. The van der Waals surface area contributed by atoms with Crippen LogP contribution in [0.5, 0.6) is 0 Å². The molecule has 1 amide bonds. The van der Waals surface area contributed by atoms with E-state index in [1.807, 2.05) is 19.0 Å². The van der Waals surface area contributed by atoms with E-state index in [0.717, 1.165) is 6.54 Å². The van der Waals surface area contributed by atoms with Crippen LogP contribution < -0.4 is 5.32 Å². The molecule has 4 nitrogen and oxygen atoms in total. The van der Waals surface area contributed by atoms with Crippen molar-refractivity contribution in [3.05, 3.63) is 0 Å². The quantitative estimate of drug-likeness (QED) is 0.656. The first-order valence-electron chi connectivity index (χ1n) is 4.59. The van der Waals surface area contributed by atoms with Crippen LogP contribution in [0.3, 0.4) is 0 Å². The van der Waals surface area contributed by atoms with E-state index in [2.05, 4.69) is 24.1 Å². The molecule has 0 aromatic carbocycles. The number of hydrogen-bond acceptors (Lipinski definition) is 3. The van der Waals surface area contributed by atoms with Crippen molar-refractivity contribution in [2.75, 3.05) is 33.9 Å². The molecule has 1 aliphatic rings. The average Bonchev–Trinajstić information content (AvgIpc) is 2.35. The topological polar surface area (TPSA) is 35.6 Å². The van der Waals surface area contributed by atoms with Gasteiger partial charge >= 0.3 is 0 Å². The van der Waals surface area contributed by atoms with Crippen molar-refractivity contribution in [2.45, 2.75) is 19.4 Å². The maximum absolute atomic E-state index is 11.3. The molecule has 1 N–H and O–H groups in total. The third kappa shape index (κ3) is 2.42. The lowest BCUT2D eigenvalue weighted by molar-refractivity contribution is -0.127. The first-order valence-corrected chi connectivity index (χ1v) is 4.59. The van der Waals surface area contributed by atoms with Gasteiger partial charge in [-0.2, -0.15) is 0 Å². The van der Waals surface area contributed by atoms with Gasteiger partial charge in [0.1, 0.15) is 0 Å². The Morgan fingerprint density at radius 3 is 2.54 bits per heavy atom. The van der Waals surface area contributed by atoms with Crippen LogP contribution in [0, 0.1) is 0 Å². The zero-order valence-corrected chi connectivity index (χ0v) is 8.92. The van der Waals surface area contributed by atoms with Gasteiger partial charge in [0, 0.05) is 12.1 Å². The molecule has 76 valence electrons. The second-order valence-electron chi connectivity index (χ2n) is 4.38. The Morgan fingerprint density at radius 2 is 2.15 bits per heavy atom. The number of rotatable bonds is 3. The van der Waals surface area contributed by atoms with Crippen molar-refractivity contribution in [3.8, 4) is 0 Å². The zero-order chi connectivity index (χ0) is 10.1. The van der Waals surface area contributed by atoms with E-state index in [-0.39, 0.29) is 11.4 Å². The Labute approximate surface area is 79.9 Å². The summed E-state index contributed by atoms with van der Waals surface area (Å²) < 4.78 is 0. The van der Waals surface area contributed by atoms with Crippen molar-refractivity contribution in [1.29, 1.82) is 0 Å². The van der Waals surface area contributed by atoms with Crippen molar-refractivity contribution in [3.63, 3.8) is 0 Å². The fourth-order valence-electron chi connectivity index (χ4n) is 1.25. The highest BCUT2D eigenvalue weighted by Crippen LogP contribution is 2.13. The lowest BCUT2D eigenvalue weighted by Crippen LogP contribution is -2.49. The standard InChI is InChI=1S/C9H19N3O/c1-9(2,11(3)4)6-12-7-10-5-8(12)13/h10H,5-7H2,1-4H3. The minimum Gasteiger partial charge on any atom is -0.327 e. The van der Waals surface area contributed by atoms with Crippen LogP contribution in [-0.2, 0) is 4.79 Å². The molecule has 0 saturated carbocycles. The van der Waals surface area contributed by atoms with E-state index in [0.29, 0.717) is 13.2 Å². The van der Waals surface area contributed by atoms with Gasteiger partial charge in [-0.3, -0.25) is 10.1 Å². The highest BCUT2D eigenvalue weighted by Gasteiger charge is 2.28. The van der Waals surface area contributed by atoms with Crippen LogP contribution in [0.2, 0.25) is 0 Å². The second-order valence-corrected chi connectivity index (χ2v) is 4.38. The van der Waals surface area contributed by atoms with Gasteiger partial charge in [0.25, 0.3) is 0 Å². The largest absolute Gasteiger partial charge is 0.327 e. The molecule has 0 spiro atoms. The third-order valence-electron chi connectivity index (χ3n) is 2.72. The van der Waals surface area contributed by atoms with E-state index in [4.69, 9.17) is 0 Å². The van der Waals surface area contributed by atoms with E-state index in [1.165, 1.54) is 0 Å². The smallest absolute Gasteiger partial charge is 0.237 e. The lowest BCUT2D eigenvalue weighted by Gasteiger charge is -2.35. The molecule has 0 atom stereocenters. The molecule has 1 rings (SSSR count). The summed E-state index contributed by atoms with van der Waals surface area (Å²) in [6.45, 7) is 6.24. The molecular formula is C9H19N3O. The number of carbonyl (C=O) groups is 1. The van der Waals surface area contributed by atoms with Crippen molar-refractivity contribution >= 4 is 5.91 Å². The molecule has 1 heterocycles. The van der Waals surface area contributed by atoms with E-state index < -0.39 is 0 Å². The fourth-order valence-corrected chi connectivity index (χ4v) is 1.25. The fraction of sp³-hybridized carbons (Fsp3) is 0.889. The Hall–Kier alpha value is -0.610. The van der Waals surface area contributed by atoms with Gasteiger partial charge in [-0.15, -0.1) is 0 Å². The number of nitrogens with one attached hydrogen (secondary N) is 1. The number of nitrogens with zero attached hydrogens (tertiary/aromatic N) is 2. The molecular weight excluding hydrogens is 166 g/mol. The Bertz CT molecular complexity index is 201. The molecule has 1 fully saturated rings. The Balaban J connectivity index is 2.52. The summed E-state index contributed by atoms with van der Waals surface area (Å²) in [4.78, 5) is 15.3. The number of hydrogen-bond donors (Lipinski definition) is 1. The molecule has 1 aliphatic heterocycles. The van der Waals surface area contributed by atoms with Gasteiger partial charge in [-0.05, 0) is 27.9 Å². The van der Waals surface area contributed by atoms with Crippen molar-refractivity contribution < 1.29 is 4.79 Å². The van der Waals surface area contributed by atoms with E-state index >= 15 is 0 Å². The van der Waals surface area contributed by atoms with Crippen LogP contribution in [0.25, 0.3) is 0 Å². The normalized spacial score (nSPS) is 18.8. The monoisotopic (exact) mass is 185 g/mol. The number of likely N-dealkylation sites (N-methyl/N-ethyl adjacent to an activating group) is 1. The molecule has 0 radical (unpaired) electrons. The number of amides is 1. The summed E-state index contributed by atoms with van der Waals surface area (Å²) in [7, 11) is 4.07. The van der Waals surface area contributed by atoms with Crippen molar-refractivity contribution in [2.24, 2.45) is 0 Å². The predicted octanol–water partition coefficient (Wildman–Crippen LogP) is -0.284. The maximum atomic E-state index is 11.3. The van der Waals surface area contributed by atoms with Gasteiger partial charge in [0.05, 0.1) is 13.2 Å². The van der Waals surface area contributed by atoms with E-state index in [1.54, 1.807) is 0 Å². The van der Waals surface area contributed by atoms with Crippen molar-refractivity contribution in [1.82, 2.24) is 15.1 Å². The van der Waals surface area contributed by atoms with Gasteiger partial charge in [-0.1, -0.05) is 0 Å². The van der Waals surface area contributed by atoms with Crippen LogP contribution in [0.1, 0.15) is 13.8 Å². The highest BCUT2D eigenvalue weighted by atomic mass is 16.2. The molecule has 0 aromatic rings. The van der Waals surface area contributed by atoms with Crippen LogP contribution >= 0.6 is 0 Å². The second kappa shape index (κ2) is 3.64. The van der Waals surface area contributed by atoms with Crippen LogP contribution in [-0.4, -0.2) is 55.1 Å². The molecule has 4 heteroatoms. The van der Waals surface area contributed by atoms with Gasteiger partial charge < -0.3 is 9.80 Å². The maximum Gasteiger partial charge on any atom is 0.237 e. The minimum absolute atomic E-state index is 0.0433. The molecule has 13 heavy (non-hydrogen) atoms. The molecule has 0 bridgehead atoms. The Morgan fingerprint density at radius 1 is 1.54 bits per heavy atom. The molecule has 1 saturated heterocycles.